The van der Waals surface area contributed by atoms with Gasteiger partial charge in [0.2, 0.25) is 5.91 Å². The lowest BCUT2D eigenvalue weighted by Crippen LogP contribution is -2.47. The number of esters is 1. The predicted octanol–water partition coefficient (Wildman–Crippen LogP) is 1.90. The number of nitrogens with one attached hydrogen (secondary N) is 1. The van der Waals surface area contributed by atoms with E-state index in [9.17, 15) is 19.6 Å². The molecular formula is C18H20N4O4S. The minimum absolute atomic E-state index is 0.227. The molecular weight excluding hydrogens is 368 g/mol. The third-order valence-electron chi connectivity index (χ3n) is 4.74. The van der Waals surface area contributed by atoms with Gasteiger partial charge in [-0.15, -0.1) is 11.3 Å². The van der Waals surface area contributed by atoms with Gasteiger partial charge in [0.1, 0.15) is 21.8 Å². The maximum atomic E-state index is 12.8. The van der Waals surface area contributed by atoms with E-state index in [1.165, 1.54) is 10.9 Å². The molecule has 0 unspecified atom stereocenters. The number of carbonyl (C=O) groups excluding carboxylic acids is 2. The fourth-order valence-corrected chi connectivity index (χ4v) is 4.40. The van der Waals surface area contributed by atoms with Crippen LogP contribution in [0.15, 0.2) is 11.1 Å². The summed E-state index contributed by atoms with van der Waals surface area (Å²) in [5, 5.41) is 12.4. The molecule has 0 aliphatic heterocycles. The number of aromatic nitrogens is 2. The molecule has 9 heteroatoms. The van der Waals surface area contributed by atoms with Crippen LogP contribution in [-0.4, -0.2) is 33.6 Å². The van der Waals surface area contributed by atoms with Gasteiger partial charge in [0.25, 0.3) is 5.56 Å². The molecule has 0 radical (unpaired) electrons. The van der Waals surface area contributed by atoms with E-state index >= 15 is 0 Å². The summed E-state index contributed by atoms with van der Waals surface area (Å²) >= 11 is 1.10. The topological polar surface area (TPSA) is 114 Å². The van der Waals surface area contributed by atoms with Crippen LogP contribution >= 0.6 is 11.3 Å². The van der Waals surface area contributed by atoms with E-state index in [0.717, 1.165) is 24.2 Å². The van der Waals surface area contributed by atoms with Crippen molar-refractivity contribution in [2.45, 2.75) is 51.6 Å². The number of hydrogen-bond acceptors (Lipinski definition) is 7. The Labute approximate surface area is 159 Å². The van der Waals surface area contributed by atoms with E-state index in [2.05, 4.69) is 16.4 Å². The van der Waals surface area contributed by atoms with Crippen molar-refractivity contribution in [3.05, 3.63) is 27.1 Å². The molecule has 142 valence electrons. The van der Waals surface area contributed by atoms with Crippen LogP contribution in [0.25, 0.3) is 10.2 Å². The van der Waals surface area contributed by atoms with Crippen molar-refractivity contribution in [1.82, 2.24) is 14.9 Å². The van der Waals surface area contributed by atoms with E-state index in [0.29, 0.717) is 33.5 Å². The number of ether oxygens (including phenoxy) is 1. The van der Waals surface area contributed by atoms with Crippen LogP contribution in [0.4, 0.5) is 0 Å². The summed E-state index contributed by atoms with van der Waals surface area (Å²) in [7, 11) is 0. The molecule has 1 saturated carbocycles. The van der Waals surface area contributed by atoms with E-state index in [4.69, 9.17) is 4.74 Å². The molecule has 1 aliphatic rings. The number of nitrogens with zero attached hydrogens (tertiary/aromatic N) is 3. The van der Waals surface area contributed by atoms with Crippen LogP contribution in [0.1, 0.15) is 47.8 Å². The van der Waals surface area contributed by atoms with Gasteiger partial charge in [-0.1, -0.05) is 0 Å². The number of aryl methyl sites for hydroxylation is 1. The Morgan fingerprint density at radius 3 is 2.78 bits per heavy atom. The zero-order valence-corrected chi connectivity index (χ0v) is 16.0. The van der Waals surface area contributed by atoms with Gasteiger partial charge in [-0.05, 0) is 45.1 Å². The first-order valence-corrected chi connectivity index (χ1v) is 9.60. The monoisotopic (exact) mass is 388 g/mol. The molecule has 1 fully saturated rings. The Morgan fingerprint density at radius 2 is 2.15 bits per heavy atom. The Hall–Kier alpha value is -2.73. The second kappa shape index (κ2) is 7.48. The van der Waals surface area contributed by atoms with Gasteiger partial charge in [0, 0.05) is 0 Å². The fraction of sp³-hybridized carbons (Fsp3) is 0.500. The van der Waals surface area contributed by atoms with Crippen LogP contribution in [0.5, 0.6) is 0 Å². The summed E-state index contributed by atoms with van der Waals surface area (Å²) in [5.41, 5.74) is -0.727. The normalized spacial score (nSPS) is 15.4. The van der Waals surface area contributed by atoms with Gasteiger partial charge in [0.05, 0.1) is 24.4 Å². The number of hydrogen-bond donors (Lipinski definition) is 1. The van der Waals surface area contributed by atoms with Crippen LogP contribution < -0.4 is 10.9 Å². The number of carbonyl (C=O) groups is 2. The molecule has 2 aromatic heterocycles. The van der Waals surface area contributed by atoms with Crippen molar-refractivity contribution >= 4 is 33.4 Å². The fourth-order valence-electron chi connectivity index (χ4n) is 3.37. The molecule has 27 heavy (non-hydrogen) atoms. The average molecular weight is 388 g/mol. The van der Waals surface area contributed by atoms with Gasteiger partial charge in [-0.25, -0.2) is 9.78 Å². The molecule has 2 aromatic rings. The quantitative estimate of drug-likeness (QED) is 0.783. The van der Waals surface area contributed by atoms with Crippen molar-refractivity contribution in [1.29, 1.82) is 5.26 Å². The lowest BCUT2D eigenvalue weighted by atomic mass is 10.00. The first-order valence-electron chi connectivity index (χ1n) is 8.78. The lowest BCUT2D eigenvalue weighted by Gasteiger charge is -2.22. The Morgan fingerprint density at radius 1 is 1.44 bits per heavy atom. The van der Waals surface area contributed by atoms with Gasteiger partial charge in [0.15, 0.2) is 0 Å². The lowest BCUT2D eigenvalue weighted by molar-refractivity contribution is -0.123. The van der Waals surface area contributed by atoms with Gasteiger partial charge in [-0.2, -0.15) is 5.26 Å². The predicted molar refractivity (Wildman–Crippen MR) is 99.5 cm³/mol. The molecule has 0 saturated heterocycles. The molecule has 1 N–H and O–H groups in total. The van der Waals surface area contributed by atoms with Crippen molar-refractivity contribution in [3.8, 4) is 6.07 Å². The zero-order valence-electron chi connectivity index (χ0n) is 15.2. The van der Waals surface area contributed by atoms with Gasteiger partial charge in [-0.3, -0.25) is 14.2 Å². The van der Waals surface area contributed by atoms with Crippen LogP contribution in [0.3, 0.4) is 0 Å². The summed E-state index contributed by atoms with van der Waals surface area (Å²) in [5.74, 6) is -0.890. The summed E-state index contributed by atoms with van der Waals surface area (Å²) < 4.78 is 6.21. The Balaban J connectivity index is 1.88. The average Bonchev–Trinajstić information content (AvgIpc) is 3.23. The van der Waals surface area contributed by atoms with Crippen molar-refractivity contribution in [2.75, 3.05) is 6.61 Å². The molecule has 0 bridgehead atoms. The Bertz CT molecular complexity index is 995. The zero-order chi connectivity index (χ0) is 19.6. The summed E-state index contributed by atoms with van der Waals surface area (Å²) in [6.07, 6.45) is 4.32. The summed E-state index contributed by atoms with van der Waals surface area (Å²) in [6.45, 7) is 3.39. The van der Waals surface area contributed by atoms with Gasteiger partial charge < -0.3 is 10.1 Å². The van der Waals surface area contributed by atoms with Crippen LogP contribution in [0.2, 0.25) is 0 Å². The molecule has 0 spiro atoms. The highest BCUT2D eigenvalue weighted by Gasteiger charge is 2.35. The number of nitriles is 1. The van der Waals surface area contributed by atoms with Crippen LogP contribution in [-0.2, 0) is 16.1 Å². The maximum Gasteiger partial charge on any atom is 0.348 e. The van der Waals surface area contributed by atoms with E-state index in [-0.39, 0.29) is 13.2 Å². The highest BCUT2D eigenvalue weighted by atomic mass is 32.1. The minimum Gasteiger partial charge on any atom is -0.462 e. The minimum atomic E-state index is -0.840. The molecule has 0 aromatic carbocycles. The smallest absolute Gasteiger partial charge is 0.348 e. The third kappa shape index (κ3) is 3.57. The van der Waals surface area contributed by atoms with E-state index in [1.807, 2.05) is 0 Å². The third-order valence-corrected chi connectivity index (χ3v) is 5.92. The number of thiophene rings is 1. The number of amides is 1. The SMILES string of the molecule is CCOC(=O)c1sc2ncn(CC(=O)NC3(C#N)CCCC3)c(=O)c2c1C. The number of fused-ring (bicyclic) bond motifs is 1. The van der Waals surface area contributed by atoms with Crippen molar-refractivity contribution in [3.63, 3.8) is 0 Å². The van der Waals surface area contributed by atoms with Crippen molar-refractivity contribution < 1.29 is 14.3 Å². The molecule has 3 rings (SSSR count). The first-order chi connectivity index (χ1) is 12.9. The first kappa shape index (κ1) is 19.0. The molecule has 0 atom stereocenters. The highest BCUT2D eigenvalue weighted by Crippen LogP contribution is 2.29. The second-order valence-electron chi connectivity index (χ2n) is 6.58. The number of rotatable bonds is 5. The highest BCUT2D eigenvalue weighted by molar-refractivity contribution is 7.20. The standard InChI is InChI=1S/C18H20N4O4S/c1-3-26-17(25)14-11(2)13-15(27-14)20-10-22(16(13)24)8-12(23)21-18(9-19)6-4-5-7-18/h10H,3-8H2,1-2H3,(H,21,23). The van der Waals surface area contributed by atoms with Crippen molar-refractivity contribution in [2.24, 2.45) is 0 Å². The second-order valence-corrected chi connectivity index (χ2v) is 7.58. The van der Waals surface area contributed by atoms with E-state index in [1.54, 1.807) is 13.8 Å². The largest absolute Gasteiger partial charge is 0.462 e. The summed E-state index contributed by atoms with van der Waals surface area (Å²) in [4.78, 5) is 42.2. The van der Waals surface area contributed by atoms with Gasteiger partial charge >= 0.3 is 5.97 Å². The Kier molecular flexibility index (Phi) is 5.28. The molecule has 1 amide bonds. The summed E-state index contributed by atoms with van der Waals surface area (Å²) in [6, 6.07) is 2.19. The molecule has 2 heterocycles. The maximum absolute atomic E-state index is 12.8. The van der Waals surface area contributed by atoms with Crippen LogP contribution in [0, 0.1) is 18.3 Å². The molecule has 1 aliphatic carbocycles. The van der Waals surface area contributed by atoms with E-state index < -0.39 is 23.0 Å². The molecule has 8 nitrogen and oxygen atoms in total.